The van der Waals surface area contributed by atoms with Crippen LogP contribution in [0.1, 0.15) is 24.2 Å². The minimum absolute atomic E-state index is 0.0180. The van der Waals surface area contributed by atoms with Gasteiger partial charge in [-0.3, -0.25) is 10.1 Å². The Balaban J connectivity index is 2.40. The minimum Gasteiger partial charge on any atom is -0.478 e. The predicted molar refractivity (Wildman–Crippen MR) is 72.3 cm³/mol. The van der Waals surface area contributed by atoms with E-state index in [-0.39, 0.29) is 23.5 Å². The average Bonchev–Trinajstić information content (AvgIpc) is 2.36. The molecule has 7 heteroatoms. The lowest BCUT2D eigenvalue weighted by atomic mass is 10.1. The maximum Gasteiger partial charge on any atom is 0.338 e. The van der Waals surface area contributed by atoms with Crippen molar-refractivity contribution in [2.75, 3.05) is 18.0 Å². The van der Waals surface area contributed by atoms with Crippen molar-refractivity contribution in [3.05, 3.63) is 33.9 Å². The molecule has 2 rings (SSSR count). The number of carboxylic acid groups (broad SMARTS) is 1. The van der Waals surface area contributed by atoms with E-state index in [1.807, 2.05) is 18.7 Å². The predicted octanol–water partition coefficient (Wildman–Crippen LogP) is 1.91. The highest BCUT2D eigenvalue weighted by molar-refractivity contribution is 5.95. The van der Waals surface area contributed by atoms with Gasteiger partial charge in [-0.05, 0) is 19.9 Å². The molecule has 2 atom stereocenters. The van der Waals surface area contributed by atoms with Crippen LogP contribution in [0.25, 0.3) is 0 Å². The number of aromatic carboxylic acids is 1. The summed E-state index contributed by atoms with van der Waals surface area (Å²) in [6.45, 7) is 4.94. The molecule has 1 saturated heterocycles. The number of morpholine rings is 1. The zero-order valence-electron chi connectivity index (χ0n) is 11.3. The number of hydrogen-bond acceptors (Lipinski definition) is 5. The van der Waals surface area contributed by atoms with E-state index >= 15 is 0 Å². The highest BCUT2D eigenvalue weighted by atomic mass is 16.6. The zero-order chi connectivity index (χ0) is 14.9. The van der Waals surface area contributed by atoms with Crippen LogP contribution in [-0.2, 0) is 4.74 Å². The first-order valence-corrected chi connectivity index (χ1v) is 6.30. The molecule has 20 heavy (non-hydrogen) atoms. The van der Waals surface area contributed by atoms with E-state index in [2.05, 4.69) is 0 Å². The van der Waals surface area contributed by atoms with E-state index in [1.165, 1.54) is 12.1 Å². The first kappa shape index (κ1) is 14.3. The second-order valence-electron chi connectivity index (χ2n) is 4.93. The number of carboxylic acids is 1. The first-order chi connectivity index (χ1) is 9.38. The standard InChI is InChI=1S/C13H16N2O5/c1-8-6-14(7-9(2)20-8)12-4-3-10(15(18)19)5-11(12)13(16)17/h3-5,8-9H,6-7H2,1-2H3,(H,16,17)/t8-,9+. The molecule has 0 saturated carbocycles. The van der Waals surface area contributed by atoms with Crippen LogP contribution < -0.4 is 4.90 Å². The van der Waals surface area contributed by atoms with Crippen LogP contribution in [-0.4, -0.2) is 41.3 Å². The van der Waals surface area contributed by atoms with Crippen molar-refractivity contribution in [2.24, 2.45) is 0 Å². The molecular formula is C13H16N2O5. The maximum atomic E-state index is 11.3. The molecule has 1 aromatic carbocycles. The van der Waals surface area contributed by atoms with E-state index in [1.54, 1.807) is 0 Å². The fourth-order valence-electron chi connectivity index (χ4n) is 2.46. The van der Waals surface area contributed by atoms with Crippen molar-refractivity contribution in [1.82, 2.24) is 0 Å². The molecule has 0 radical (unpaired) electrons. The Morgan fingerprint density at radius 3 is 2.50 bits per heavy atom. The van der Waals surface area contributed by atoms with Crippen molar-refractivity contribution in [3.63, 3.8) is 0 Å². The Bertz CT molecular complexity index is 536. The summed E-state index contributed by atoms with van der Waals surface area (Å²) >= 11 is 0. The monoisotopic (exact) mass is 280 g/mol. The van der Waals surface area contributed by atoms with Crippen molar-refractivity contribution in [2.45, 2.75) is 26.1 Å². The summed E-state index contributed by atoms with van der Waals surface area (Å²) in [5.41, 5.74) is 0.214. The second-order valence-corrected chi connectivity index (χ2v) is 4.93. The normalized spacial score (nSPS) is 22.6. The SMILES string of the molecule is C[C@@H]1CN(c2ccc([N+](=O)[O-])cc2C(=O)O)C[C@H](C)O1. The third kappa shape index (κ3) is 2.88. The number of rotatable bonds is 3. The van der Waals surface area contributed by atoms with Crippen molar-refractivity contribution >= 4 is 17.3 Å². The number of carbonyl (C=O) groups is 1. The Kier molecular flexibility index (Phi) is 3.89. The van der Waals surface area contributed by atoms with E-state index < -0.39 is 10.9 Å². The summed E-state index contributed by atoms with van der Waals surface area (Å²) in [5, 5.41) is 20.0. The molecule has 0 amide bonds. The third-order valence-electron chi connectivity index (χ3n) is 3.18. The summed E-state index contributed by atoms with van der Waals surface area (Å²) < 4.78 is 5.60. The van der Waals surface area contributed by atoms with Gasteiger partial charge in [0.25, 0.3) is 5.69 Å². The smallest absolute Gasteiger partial charge is 0.338 e. The molecule has 1 aliphatic heterocycles. The van der Waals surface area contributed by atoms with Crippen LogP contribution in [0, 0.1) is 10.1 Å². The topological polar surface area (TPSA) is 92.9 Å². The Morgan fingerprint density at radius 2 is 2.00 bits per heavy atom. The average molecular weight is 280 g/mol. The van der Waals surface area contributed by atoms with Crippen molar-refractivity contribution in [1.29, 1.82) is 0 Å². The van der Waals surface area contributed by atoms with E-state index in [0.717, 1.165) is 6.07 Å². The van der Waals surface area contributed by atoms with Gasteiger partial charge in [-0.25, -0.2) is 4.79 Å². The highest BCUT2D eigenvalue weighted by Crippen LogP contribution is 2.28. The van der Waals surface area contributed by atoms with Crippen LogP contribution in [0.15, 0.2) is 18.2 Å². The molecule has 0 aliphatic carbocycles. The Morgan fingerprint density at radius 1 is 1.40 bits per heavy atom. The molecule has 1 N–H and O–H groups in total. The summed E-state index contributed by atoms with van der Waals surface area (Å²) in [6, 6.07) is 3.92. The van der Waals surface area contributed by atoms with E-state index in [4.69, 9.17) is 4.74 Å². The van der Waals surface area contributed by atoms with Gasteiger partial charge in [0.2, 0.25) is 0 Å². The molecular weight excluding hydrogens is 264 g/mol. The lowest BCUT2D eigenvalue weighted by Crippen LogP contribution is -2.46. The van der Waals surface area contributed by atoms with Gasteiger partial charge in [0.05, 0.1) is 28.4 Å². The summed E-state index contributed by atoms with van der Waals surface area (Å²) in [5.74, 6) is -1.17. The van der Waals surface area contributed by atoms with Crippen LogP contribution in [0.3, 0.4) is 0 Å². The molecule has 1 aliphatic rings. The Hall–Kier alpha value is -2.15. The molecule has 0 unspecified atom stereocenters. The number of nitro groups is 1. The molecule has 1 heterocycles. The molecule has 1 aromatic rings. The maximum absolute atomic E-state index is 11.3. The Labute approximate surface area is 115 Å². The highest BCUT2D eigenvalue weighted by Gasteiger charge is 2.26. The minimum atomic E-state index is -1.17. The van der Waals surface area contributed by atoms with Crippen LogP contribution in [0.2, 0.25) is 0 Å². The van der Waals surface area contributed by atoms with Gasteiger partial charge in [-0.2, -0.15) is 0 Å². The van der Waals surface area contributed by atoms with Crippen LogP contribution in [0.5, 0.6) is 0 Å². The largest absolute Gasteiger partial charge is 0.478 e. The lowest BCUT2D eigenvalue weighted by molar-refractivity contribution is -0.384. The quantitative estimate of drug-likeness (QED) is 0.671. The third-order valence-corrected chi connectivity index (χ3v) is 3.18. The van der Waals surface area contributed by atoms with Gasteiger partial charge in [0, 0.05) is 25.2 Å². The fraction of sp³-hybridized carbons (Fsp3) is 0.462. The first-order valence-electron chi connectivity index (χ1n) is 6.30. The second kappa shape index (κ2) is 5.46. The van der Waals surface area contributed by atoms with Crippen molar-refractivity contribution in [3.8, 4) is 0 Å². The van der Waals surface area contributed by atoms with Gasteiger partial charge < -0.3 is 14.7 Å². The van der Waals surface area contributed by atoms with Gasteiger partial charge >= 0.3 is 5.97 Å². The van der Waals surface area contributed by atoms with Gasteiger partial charge in [0.1, 0.15) is 0 Å². The lowest BCUT2D eigenvalue weighted by Gasteiger charge is -2.37. The van der Waals surface area contributed by atoms with Gasteiger partial charge in [-0.15, -0.1) is 0 Å². The van der Waals surface area contributed by atoms with Crippen LogP contribution in [0.4, 0.5) is 11.4 Å². The summed E-state index contributed by atoms with van der Waals surface area (Å²) in [7, 11) is 0. The summed E-state index contributed by atoms with van der Waals surface area (Å²) in [4.78, 5) is 23.4. The molecule has 0 aromatic heterocycles. The molecule has 1 fully saturated rings. The molecule has 108 valence electrons. The number of nitrogens with zero attached hydrogens (tertiary/aromatic N) is 2. The fourth-order valence-corrected chi connectivity index (χ4v) is 2.46. The number of hydrogen-bond donors (Lipinski definition) is 1. The summed E-state index contributed by atoms with van der Waals surface area (Å²) in [6.07, 6.45) is -0.0360. The van der Waals surface area contributed by atoms with E-state index in [9.17, 15) is 20.0 Å². The number of non-ortho nitro benzene ring substituents is 1. The molecule has 0 bridgehead atoms. The number of benzene rings is 1. The zero-order valence-corrected chi connectivity index (χ0v) is 11.3. The van der Waals surface area contributed by atoms with Gasteiger partial charge in [0.15, 0.2) is 0 Å². The number of ether oxygens (including phenoxy) is 1. The number of nitro benzene ring substituents is 1. The van der Waals surface area contributed by atoms with Gasteiger partial charge in [-0.1, -0.05) is 0 Å². The van der Waals surface area contributed by atoms with Crippen LogP contribution >= 0.6 is 0 Å². The molecule has 7 nitrogen and oxygen atoms in total. The number of anilines is 1. The van der Waals surface area contributed by atoms with E-state index in [0.29, 0.717) is 18.8 Å². The van der Waals surface area contributed by atoms with Crippen molar-refractivity contribution < 1.29 is 19.6 Å². The molecule has 0 spiro atoms.